The molecule has 0 rings (SSSR count). The number of hydrogen-bond acceptors (Lipinski definition) is 2. The van der Waals surface area contributed by atoms with Gasteiger partial charge in [0.1, 0.15) is 0 Å². The maximum atomic E-state index is 9.67. The highest BCUT2D eigenvalue weighted by molar-refractivity contribution is 4.85. The van der Waals surface area contributed by atoms with Crippen molar-refractivity contribution < 1.29 is 10.2 Å². The van der Waals surface area contributed by atoms with E-state index in [1.54, 1.807) is 0 Å². The average molecular weight is 216 g/mol. The van der Waals surface area contributed by atoms with E-state index in [1.807, 2.05) is 13.8 Å². The summed E-state index contributed by atoms with van der Waals surface area (Å²) < 4.78 is 0. The normalized spacial score (nSPS) is 15.4. The highest BCUT2D eigenvalue weighted by Gasteiger charge is 2.41. The molecule has 0 aliphatic rings. The first-order valence-electron chi connectivity index (χ1n) is 6.18. The Kier molecular flexibility index (Phi) is 5.82. The van der Waals surface area contributed by atoms with Gasteiger partial charge in [-0.15, -0.1) is 0 Å². The molecule has 0 bridgehead atoms. The zero-order valence-electron chi connectivity index (χ0n) is 11.0. The third kappa shape index (κ3) is 4.52. The van der Waals surface area contributed by atoms with Gasteiger partial charge in [0.05, 0.1) is 0 Å². The predicted octanol–water partition coefficient (Wildman–Crippen LogP) is 3.32. The molecule has 0 amide bonds. The van der Waals surface area contributed by atoms with Crippen LogP contribution in [-0.4, -0.2) is 16.0 Å². The molecule has 0 saturated carbocycles. The van der Waals surface area contributed by atoms with E-state index >= 15 is 0 Å². The zero-order valence-corrected chi connectivity index (χ0v) is 11.0. The van der Waals surface area contributed by atoms with Gasteiger partial charge in [-0.2, -0.15) is 0 Å². The van der Waals surface area contributed by atoms with Gasteiger partial charge >= 0.3 is 0 Å². The van der Waals surface area contributed by atoms with E-state index in [1.165, 1.54) is 32.6 Å². The fraction of sp³-hybridized carbons (Fsp3) is 1.00. The van der Waals surface area contributed by atoms with Crippen molar-refractivity contribution in [1.29, 1.82) is 0 Å². The molecule has 0 spiro atoms. The van der Waals surface area contributed by atoms with Crippen LogP contribution in [0, 0.1) is 11.3 Å². The molecule has 0 radical (unpaired) electrons. The molecule has 0 saturated heterocycles. The maximum Gasteiger partial charge on any atom is 0.165 e. The van der Waals surface area contributed by atoms with Crippen molar-refractivity contribution >= 4 is 0 Å². The lowest BCUT2D eigenvalue weighted by Crippen LogP contribution is -2.45. The molecule has 2 N–H and O–H groups in total. The average Bonchev–Trinajstić information content (AvgIpc) is 2.10. The van der Waals surface area contributed by atoms with Gasteiger partial charge in [0, 0.05) is 5.41 Å². The summed E-state index contributed by atoms with van der Waals surface area (Å²) >= 11 is 0. The number of hydrogen-bond donors (Lipinski definition) is 2. The van der Waals surface area contributed by atoms with Crippen LogP contribution >= 0.6 is 0 Å². The van der Waals surface area contributed by atoms with Crippen molar-refractivity contribution in [2.75, 3.05) is 0 Å². The Morgan fingerprint density at radius 3 is 1.93 bits per heavy atom. The molecule has 0 heterocycles. The third-order valence-electron chi connectivity index (χ3n) is 3.94. The summed E-state index contributed by atoms with van der Waals surface area (Å²) in [5.74, 6) is -1.26. The van der Waals surface area contributed by atoms with Crippen molar-refractivity contribution in [3.05, 3.63) is 0 Å². The van der Waals surface area contributed by atoms with Crippen LogP contribution in [0.5, 0.6) is 0 Å². The lowest BCUT2D eigenvalue weighted by molar-refractivity contribution is -0.234. The molecule has 15 heavy (non-hydrogen) atoms. The Labute approximate surface area is 94.7 Å². The summed E-state index contributed by atoms with van der Waals surface area (Å²) in [6, 6.07) is 0. The Morgan fingerprint density at radius 1 is 1.00 bits per heavy atom. The summed E-state index contributed by atoms with van der Waals surface area (Å²) in [6.07, 6.45) is 6.04. The van der Waals surface area contributed by atoms with E-state index < -0.39 is 11.2 Å². The maximum absolute atomic E-state index is 9.67. The van der Waals surface area contributed by atoms with Gasteiger partial charge in [-0.05, 0) is 12.8 Å². The molecule has 1 atom stereocenters. The van der Waals surface area contributed by atoms with E-state index in [0.717, 1.165) is 6.42 Å². The molecule has 0 fully saturated rings. The Morgan fingerprint density at radius 2 is 1.53 bits per heavy atom. The summed E-state index contributed by atoms with van der Waals surface area (Å²) in [7, 11) is 0. The van der Waals surface area contributed by atoms with E-state index in [0.29, 0.717) is 5.92 Å². The SMILES string of the molecule is CCCCCCC(C)C(C)(C)C(C)(O)O. The highest BCUT2D eigenvalue weighted by Crippen LogP contribution is 2.39. The third-order valence-corrected chi connectivity index (χ3v) is 3.94. The fourth-order valence-corrected chi connectivity index (χ4v) is 1.70. The Hall–Kier alpha value is -0.0800. The number of aliphatic hydroxyl groups is 2. The van der Waals surface area contributed by atoms with E-state index in [-0.39, 0.29) is 0 Å². The van der Waals surface area contributed by atoms with E-state index in [9.17, 15) is 10.2 Å². The van der Waals surface area contributed by atoms with Crippen LogP contribution in [-0.2, 0) is 0 Å². The lowest BCUT2D eigenvalue weighted by atomic mass is 9.71. The van der Waals surface area contributed by atoms with Crippen molar-refractivity contribution in [3.63, 3.8) is 0 Å². The first-order chi connectivity index (χ1) is 6.73. The largest absolute Gasteiger partial charge is 0.365 e. The van der Waals surface area contributed by atoms with E-state index in [4.69, 9.17) is 0 Å². The Balaban J connectivity index is 4.03. The topological polar surface area (TPSA) is 40.5 Å². The molecule has 0 aromatic rings. The minimum Gasteiger partial charge on any atom is -0.365 e. The summed E-state index contributed by atoms with van der Waals surface area (Å²) in [4.78, 5) is 0. The summed E-state index contributed by atoms with van der Waals surface area (Å²) in [6.45, 7) is 9.65. The van der Waals surface area contributed by atoms with Crippen LogP contribution in [0.15, 0.2) is 0 Å². The molecular weight excluding hydrogens is 188 g/mol. The lowest BCUT2D eigenvalue weighted by Gasteiger charge is -2.40. The second-order valence-corrected chi connectivity index (χ2v) is 5.49. The van der Waals surface area contributed by atoms with Crippen LogP contribution < -0.4 is 0 Å². The monoisotopic (exact) mass is 216 g/mol. The second kappa shape index (κ2) is 5.86. The molecule has 0 aliphatic carbocycles. The van der Waals surface area contributed by atoms with Gasteiger partial charge in [-0.25, -0.2) is 0 Å². The first-order valence-corrected chi connectivity index (χ1v) is 6.18. The fourth-order valence-electron chi connectivity index (χ4n) is 1.70. The van der Waals surface area contributed by atoms with Crippen molar-refractivity contribution in [3.8, 4) is 0 Å². The molecule has 0 aromatic heterocycles. The van der Waals surface area contributed by atoms with Crippen LogP contribution in [0.1, 0.15) is 66.7 Å². The van der Waals surface area contributed by atoms with Gasteiger partial charge in [0.15, 0.2) is 5.79 Å². The van der Waals surface area contributed by atoms with Crippen LogP contribution in [0.4, 0.5) is 0 Å². The van der Waals surface area contributed by atoms with Crippen LogP contribution in [0.2, 0.25) is 0 Å². The van der Waals surface area contributed by atoms with E-state index in [2.05, 4.69) is 13.8 Å². The number of rotatable bonds is 7. The standard InChI is InChI=1S/C13H28O2/c1-6-7-8-9-10-11(2)12(3,4)13(5,14)15/h11,14-15H,6-10H2,1-5H3. The minimum atomic E-state index is -1.59. The summed E-state index contributed by atoms with van der Waals surface area (Å²) in [5, 5.41) is 19.3. The zero-order chi connectivity index (χ0) is 12.1. The van der Waals surface area contributed by atoms with Gasteiger partial charge in [0.25, 0.3) is 0 Å². The van der Waals surface area contributed by atoms with Gasteiger partial charge in [-0.3, -0.25) is 0 Å². The Bertz CT molecular complexity index is 168. The van der Waals surface area contributed by atoms with Crippen molar-refractivity contribution in [2.45, 2.75) is 72.5 Å². The molecule has 0 aromatic carbocycles. The second-order valence-electron chi connectivity index (χ2n) is 5.49. The van der Waals surface area contributed by atoms with Crippen LogP contribution in [0.3, 0.4) is 0 Å². The molecule has 2 heteroatoms. The molecule has 92 valence electrons. The highest BCUT2D eigenvalue weighted by atomic mass is 16.5. The quantitative estimate of drug-likeness (QED) is 0.506. The molecule has 1 unspecified atom stereocenters. The molecular formula is C13H28O2. The number of unbranched alkanes of at least 4 members (excludes halogenated alkanes) is 3. The molecule has 0 aliphatic heterocycles. The van der Waals surface area contributed by atoms with Gasteiger partial charge in [0.2, 0.25) is 0 Å². The van der Waals surface area contributed by atoms with Gasteiger partial charge in [-0.1, -0.05) is 59.8 Å². The predicted molar refractivity (Wildman–Crippen MR) is 64.5 cm³/mol. The smallest absolute Gasteiger partial charge is 0.165 e. The van der Waals surface area contributed by atoms with Crippen LogP contribution in [0.25, 0.3) is 0 Å². The van der Waals surface area contributed by atoms with Gasteiger partial charge < -0.3 is 10.2 Å². The molecule has 2 nitrogen and oxygen atoms in total. The van der Waals surface area contributed by atoms with Crippen molar-refractivity contribution in [2.24, 2.45) is 11.3 Å². The minimum absolute atomic E-state index is 0.328. The van der Waals surface area contributed by atoms with Crippen molar-refractivity contribution in [1.82, 2.24) is 0 Å². The first kappa shape index (κ1) is 14.9. The summed E-state index contributed by atoms with van der Waals surface area (Å²) in [5.41, 5.74) is -0.445.